The van der Waals surface area contributed by atoms with Crippen molar-refractivity contribution < 1.29 is 0 Å². The molecule has 0 aliphatic rings. The van der Waals surface area contributed by atoms with Gasteiger partial charge in [-0.15, -0.1) is 0 Å². The predicted molar refractivity (Wildman–Crippen MR) is 88.8 cm³/mol. The fourth-order valence-electron chi connectivity index (χ4n) is 1.88. The minimum Gasteiger partial charge on any atom is -0.0683 e. The normalized spacial score (nSPS) is 9.26. The van der Waals surface area contributed by atoms with Gasteiger partial charge in [-0.25, -0.2) is 0 Å². The molecule has 3 aromatic carbocycles. The highest BCUT2D eigenvalue weighted by molar-refractivity contribution is 5.98. The molecule has 19 heavy (non-hydrogen) atoms. The Bertz CT molecular complexity index is 503. The Balaban J connectivity index is 0.000000321. The van der Waals surface area contributed by atoms with E-state index in [0.717, 1.165) is 0 Å². The molecule has 0 saturated carbocycles. The zero-order chi connectivity index (χ0) is 14.1. The molecular weight excluding hydrogens is 228 g/mol. The zero-order valence-electron chi connectivity index (χ0n) is 12.5. The van der Waals surface area contributed by atoms with E-state index < -0.39 is 0 Å². The lowest BCUT2D eigenvalue weighted by Gasteiger charge is -2.00. The molecule has 0 aliphatic heterocycles. The van der Waals surface area contributed by atoms with Crippen molar-refractivity contribution in [2.45, 2.75) is 34.1 Å². The lowest BCUT2D eigenvalue weighted by Crippen LogP contribution is -1.74. The molecule has 0 atom stereocenters. The molecule has 0 saturated heterocycles. The van der Waals surface area contributed by atoms with Crippen LogP contribution >= 0.6 is 0 Å². The Morgan fingerprint density at radius 2 is 0.789 bits per heavy atom. The number of hydrogen-bond donors (Lipinski definition) is 0. The summed E-state index contributed by atoms with van der Waals surface area (Å²) in [7, 11) is 0. The predicted octanol–water partition coefficient (Wildman–Crippen LogP) is 6.44. The van der Waals surface area contributed by atoms with E-state index in [2.05, 4.69) is 74.5 Å². The van der Waals surface area contributed by atoms with Crippen LogP contribution in [0.1, 0.15) is 34.1 Å². The maximum absolute atomic E-state index is 2.24. The molecule has 0 spiro atoms. The summed E-state index contributed by atoms with van der Waals surface area (Å²) in [6.45, 7) is 8.25. The molecule has 0 aliphatic carbocycles. The summed E-state index contributed by atoms with van der Waals surface area (Å²) in [5, 5.41) is 5.25. The number of hydrogen-bond acceptors (Lipinski definition) is 0. The van der Waals surface area contributed by atoms with Crippen molar-refractivity contribution in [1.29, 1.82) is 0 Å². The van der Waals surface area contributed by atoms with Crippen LogP contribution in [0.25, 0.3) is 21.5 Å². The average Bonchev–Trinajstić information content (AvgIpc) is 2.48. The summed E-state index contributed by atoms with van der Waals surface area (Å²) < 4.78 is 0. The molecule has 0 fully saturated rings. The highest BCUT2D eigenvalue weighted by Crippen LogP contribution is 2.21. The second kappa shape index (κ2) is 8.31. The summed E-state index contributed by atoms with van der Waals surface area (Å²) in [4.78, 5) is 0. The van der Waals surface area contributed by atoms with Gasteiger partial charge in [-0.2, -0.15) is 0 Å². The van der Waals surface area contributed by atoms with Gasteiger partial charge in [0.1, 0.15) is 0 Å². The van der Waals surface area contributed by atoms with Gasteiger partial charge in [-0.1, -0.05) is 82.6 Å². The number of benzene rings is 3. The molecule has 0 N–H and O–H groups in total. The van der Waals surface area contributed by atoms with Crippen molar-refractivity contribution in [3.8, 4) is 0 Å². The van der Waals surface area contributed by atoms with E-state index in [1.807, 2.05) is 13.8 Å². The Labute approximate surface area is 117 Å². The summed E-state index contributed by atoms with van der Waals surface area (Å²) in [5.74, 6) is 0. The number of fused-ring (bicyclic) bond motifs is 2. The minimum atomic E-state index is 1.25. The van der Waals surface area contributed by atoms with E-state index in [0.29, 0.717) is 0 Å². The standard InChI is InChI=1S/C14H10.C3H8.C2H6/c1-2-6-12-10-14-8-4-3-7-13(14)9-11(12)5-1;1-3-2;1-2/h1-10H;3H2,1-2H3;1-2H3. The van der Waals surface area contributed by atoms with Crippen LogP contribution in [0, 0.1) is 0 Å². The highest BCUT2D eigenvalue weighted by atomic mass is 14.0. The largest absolute Gasteiger partial charge is 0.0683 e. The summed E-state index contributed by atoms with van der Waals surface area (Å²) in [6, 6.07) is 21.4. The van der Waals surface area contributed by atoms with E-state index in [4.69, 9.17) is 0 Å². The van der Waals surface area contributed by atoms with Crippen molar-refractivity contribution in [2.75, 3.05) is 0 Å². The Hall–Kier alpha value is -1.82. The van der Waals surface area contributed by atoms with E-state index in [9.17, 15) is 0 Å². The quantitative estimate of drug-likeness (QED) is 0.404. The van der Waals surface area contributed by atoms with Crippen LogP contribution in [-0.4, -0.2) is 0 Å². The van der Waals surface area contributed by atoms with Gasteiger partial charge in [-0.05, 0) is 33.7 Å². The smallest absolute Gasteiger partial charge is 0.0178 e. The lowest BCUT2D eigenvalue weighted by molar-refractivity contribution is 1.09. The third-order valence-electron chi connectivity index (χ3n) is 2.61. The molecule has 3 aromatic rings. The zero-order valence-corrected chi connectivity index (χ0v) is 12.5. The van der Waals surface area contributed by atoms with Crippen LogP contribution in [0.15, 0.2) is 60.7 Å². The second-order valence-electron chi connectivity index (χ2n) is 4.25. The summed E-state index contributed by atoms with van der Waals surface area (Å²) >= 11 is 0. The number of rotatable bonds is 0. The van der Waals surface area contributed by atoms with Crippen LogP contribution in [0.3, 0.4) is 0 Å². The molecular formula is C19H24. The van der Waals surface area contributed by atoms with Gasteiger partial charge < -0.3 is 0 Å². The second-order valence-corrected chi connectivity index (χ2v) is 4.25. The Morgan fingerprint density at radius 1 is 0.579 bits per heavy atom. The van der Waals surface area contributed by atoms with Crippen LogP contribution in [0.5, 0.6) is 0 Å². The maximum Gasteiger partial charge on any atom is -0.0178 e. The molecule has 0 bridgehead atoms. The first-order valence-corrected chi connectivity index (χ1v) is 7.22. The summed E-state index contributed by atoms with van der Waals surface area (Å²) in [6.07, 6.45) is 1.25. The SMILES string of the molecule is CC.CCC.c1ccc2cc3ccccc3cc2c1. The first kappa shape index (κ1) is 15.2. The van der Waals surface area contributed by atoms with Gasteiger partial charge in [0.05, 0.1) is 0 Å². The van der Waals surface area contributed by atoms with Crippen LogP contribution in [-0.2, 0) is 0 Å². The Kier molecular flexibility index (Phi) is 6.67. The third kappa shape index (κ3) is 4.10. The molecule has 3 rings (SSSR count). The average molecular weight is 252 g/mol. The molecule has 0 unspecified atom stereocenters. The molecule has 100 valence electrons. The molecule has 0 aromatic heterocycles. The van der Waals surface area contributed by atoms with E-state index >= 15 is 0 Å². The first-order valence-electron chi connectivity index (χ1n) is 7.22. The van der Waals surface area contributed by atoms with Crippen LogP contribution < -0.4 is 0 Å². The topological polar surface area (TPSA) is 0 Å². The monoisotopic (exact) mass is 252 g/mol. The van der Waals surface area contributed by atoms with Crippen molar-refractivity contribution in [1.82, 2.24) is 0 Å². The summed E-state index contributed by atoms with van der Waals surface area (Å²) in [5.41, 5.74) is 0. The van der Waals surface area contributed by atoms with Crippen LogP contribution in [0.4, 0.5) is 0 Å². The van der Waals surface area contributed by atoms with Crippen molar-refractivity contribution in [3.05, 3.63) is 60.7 Å². The molecule has 0 nitrogen and oxygen atoms in total. The van der Waals surface area contributed by atoms with Gasteiger partial charge in [0.25, 0.3) is 0 Å². The van der Waals surface area contributed by atoms with Crippen molar-refractivity contribution in [2.24, 2.45) is 0 Å². The van der Waals surface area contributed by atoms with E-state index in [1.165, 1.54) is 28.0 Å². The molecule has 0 radical (unpaired) electrons. The Morgan fingerprint density at radius 3 is 1.00 bits per heavy atom. The van der Waals surface area contributed by atoms with E-state index in [-0.39, 0.29) is 0 Å². The first-order chi connectivity index (χ1) is 9.35. The molecule has 0 amide bonds. The minimum absolute atomic E-state index is 1.25. The maximum atomic E-state index is 2.24. The van der Waals surface area contributed by atoms with Gasteiger partial charge in [-0.3, -0.25) is 0 Å². The van der Waals surface area contributed by atoms with Crippen molar-refractivity contribution in [3.63, 3.8) is 0 Å². The van der Waals surface area contributed by atoms with Gasteiger partial charge in [0.15, 0.2) is 0 Å². The third-order valence-corrected chi connectivity index (χ3v) is 2.61. The van der Waals surface area contributed by atoms with E-state index in [1.54, 1.807) is 0 Å². The molecule has 0 heteroatoms. The van der Waals surface area contributed by atoms with Gasteiger partial charge >= 0.3 is 0 Å². The fourth-order valence-corrected chi connectivity index (χ4v) is 1.88. The van der Waals surface area contributed by atoms with Crippen LogP contribution in [0.2, 0.25) is 0 Å². The fraction of sp³-hybridized carbons (Fsp3) is 0.263. The lowest BCUT2D eigenvalue weighted by atomic mass is 10.0. The highest BCUT2D eigenvalue weighted by Gasteiger charge is 1.95. The molecule has 0 heterocycles. The van der Waals surface area contributed by atoms with Gasteiger partial charge in [0.2, 0.25) is 0 Å². The van der Waals surface area contributed by atoms with Crippen molar-refractivity contribution >= 4 is 21.5 Å². The van der Waals surface area contributed by atoms with Gasteiger partial charge in [0, 0.05) is 0 Å².